The summed E-state index contributed by atoms with van der Waals surface area (Å²) in [6.45, 7) is 9.22. The van der Waals surface area contributed by atoms with Crippen molar-refractivity contribution in [1.29, 1.82) is 0 Å². The average Bonchev–Trinajstić information content (AvgIpc) is 2.72. The van der Waals surface area contributed by atoms with E-state index in [1.165, 1.54) is 5.01 Å². The van der Waals surface area contributed by atoms with E-state index in [1.54, 1.807) is 26.4 Å². The largest absolute Gasteiger partial charge is 0.495 e. The van der Waals surface area contributed by atoms with Gasteiger partial charge >= 0.3 is 0 Å². The molecule has 0 atom stereocenters. The number of anilines is 3. The minimum atomic E-state index is 0.101. The zero-order valence-corrected chi connectivity index (χ0v) is 19.4. The van der Waals surface area contributed by atoms with Crippen molar-refractivity contribution in [2.75, 3.05) is 31.3 Å². The number of methoxy groups -OCH3 is 1. The first-order valence-electron chi connectivity index (χ1n) is 10.2. The summed E-state index contributed by atoms with van der Waals surface area (Å²) < 4.78 is 5.54. The maximum Gasteiger partial charge on any atom is 0.227 e. The number of benzene rings is 1. The molecule has 0 spiro atoms. The van der Waals surface area contributed by atoms with Gasteiger partial charge in [-0.1, -0.05) is 20.8 Å². The molecule has 0 bridgehead atoms. The molecule has 6 N–H and O–H groups in total. The number of nitrogens with two attached hydrogens (primary N) is 2. The number of hydrazone groups is 1. The molecule has 0 radical (unpaired) electrons. The second kappa shape index (κ2) is 9.23. The minimum absolute atomic E-state index is 0.101. The number of fused-ring (bicyclic) bond motifs is 1. The lowest BCUT2D eigenvalue weighted by Crippen LogP contribution is -2.34. The van der Waals surface area contributed by atoms with Crippen LogP contribution in [0.2, 0.25) is 0 Å². The zero-order chi connectivity index (χ0) is 23.5. The number of amidine groups is 1. The fourth-order valence-electron chi connectivity index (χ4n) is 3.13. The van der Waals surface area contributed by atoms with E-state index >= 15 is 0 Å². The third-order valence-corrected chi connectivity index (χ3v) is 4.64. The highest BCUT2D eigenvalue weighted by Gasteiger charge is 2.15. The SMILES string of the molecule is COc1cc(/C(=N/N)N(C)N)ccc1Nc1ncc2cc(C)nc(NCC(C)(C)C)c2n1. The van der Waals surface area contributed by atoms with Crippen molar-refractivity contribution in [3.05, 3.63) is 41.7 Å². The van der Waals surface area contributed by atoms with Crippen LogP contribution in [-0.4, -0.2) is 46.5 Å². The monoisotopic (exact) mass is 437 g/mol. The first-order valence-corrected chi connectivity index (χ1v) is 10.2. The molecule has 10 nitrogen and oxygen atoms in total. The van der Waals surface area contributed by atoms with Gasteiger partial charge < -0.3 is 21.2 Å². The van der Waals surface area contributed by atoms with Crippen molar-refractivity contribution in [2.24, 2.45) is 22.2 Å². The molecular formula is C22H31N9O. The molecule has 0 unspecified atom stereocenters. The van der Waals surface area contributed by atoms with Gasteiger partial charge in [0.15, 0.2) is 11.7 Å². The van der Waals surface area contributed by atoms with E-state index in [0.717, 1.165) is 29.0 Å². The van der Waals surface area contributed by atoms with E-state index < -0.39 is 0 Å². The maximum absolute atomic E-state index is 5.80. The lowest BCUT2D eigenvalue weighted by atomic mass is 9.97. The average molecular weight is 438 g/mol. The van der Waals surface area contributed by atoms with Gasteiger partial charge in [-0.25, -0.2) is 20.8 Å². The Morgan fingerprint density at radius 3 is 2.59 bits per heavy atom. The number of nitrogens with one attached hydrogen (secondary N) is 2. The van der Waals surface area contributed by atoms with Crippen molar-refractivity contribution in [2.45, 2.75) is 27.7 Å². The number of hydrogen-bond donors (Lipinski definition) is 4. The summed E-state index contributed by atoms with van der Waals surface area (Å²) in [5.74, 6) is 13.4. The standard InChI is InChI=1S/C22H31N9O/c1-13-9-15-11-25-21(29-18(15)19(27-13)26-12-22(2,3)4)28-16-8-7-14(10-17(16)32-6)20(30-23)31(5)24/h7-11H,12,23-24H2,1-6H3,(H,26,27)(H,25,28,29)/b30-20-. The lowest BCUT2D eigenvalue weighted by molar-refractivity contribution is 0.416. The molecule has 32 heavy (non-hydrogen) atoms. The normalized spacial score (nSPS) is 12.0. The summed E-state index contributed by atoms with van der Waals surface area (Å²) in [6, 6.07) is 7.43. The van der Waals surface area contributed by atoms with Gasteiger partial charge in [0.2, 0.25) is 5.95 Å². The molecule has 0 aliphatic rings. The fourth-order valence-corrected chi connectivity index (χ4v) is 3.13. The predicted octanol–water partition coefficient (Wildman–Crippen LogP) is 2.97. The molecular weight excluding hydrogens is 406 g/mol. The van der Waals surface area contributed by atoms with Gasteiger partial charge in [-0.05, 0) is 36.6 Å². The van der Waals surface area contributed by atoms with Gasteiger partial charge in [-0.3, -0.25) is 5.01 Å². The molecule has 2 aromatic heterocycles. The molecule has 3 aromatic rings. The highest BCUT2D eigenvalue weighted by atomic mass is 16.5. The smallest absolute Gasteiger partial charge is 0.227 e. The van der Waals surface area contributed by atoms with Crippen molar-refractivity contribution in [3.8, 4) is 5.75 Å². The Kier molecular flexibility index (Phi) is 6.64. The zero-order valence-electron chi connectivity index (χ0n) is 19.4. The van der Waals surface area contributed by atoms with Crippen LogP contribution in [0.1, 0.15) is 32.0 Å². The fraction of sp³-hybridized carbons (Fsp3) is 0.364. The molecule has 1 aromatic carbocycles. The van der Waals surface area contributed by atoms with Crippen LogP contribution in [0.25, 0.3) is 10.9 Å². The Balaban J connectivity index is 1.96. The molecule has 0 aliphatic heterocycles. The van der Waals surface area contributed by atoms with E-state index in [1.807, 2.05) is 25.1 Å². The second-order valence-corrected chi connectivity index (χ2v) is 8.76. The Labute approximate surface area is 188 Å². The first kappa shape index (κ1) is 23.0. The summed E-state index contributed by atoms with van der Waals surface area (Å²) in [6.07, 6.45) is 1.78. The van der Waals surface area contributed by atoms with E-state index in [4.69, 9.17) is 21.4 Å². The predicted molar refractivity (Wildman–Crippen MR) is 129 cm³/mol. The van der Waals surface area contributed by atoms with Gasteiger partial charge in [0.05, 0.1) is 12.8 Å². The van der Waals surface area contributed by atoms with Crippen LogP contribution >= 0.6 is 0 Å². The van der Waals surface area contributed by atoms with Crippen LogP contribution in [0.15, 0.2) is 35.6 Å². The van der Waals surface area contributed by atoms with Gasteiger partial charge in [-0.15, -0.1) is 0 Å². The van der Waals surface area contributed by atoms with Crippen molar-refractivity contribution < 1.29 is 4.74 Å². The van der Waals surface area contributed by atoms with Crippen LogP contribution in [0.4, 0.5) is 17.5 Å². The quantitative estimate of drug-likeness (QED) is 0.198. The molecule has 0 aliphatic carbocycles. The Hall–Kier alpha value is -3.66. The van der Waals surface area contributed by atoms with Crippen LogP contribution in [0.3, 0.4) is 0 Å². The Morgan fingerprint density at radius 2 is 1.97 bits per heavy atom. The summed E-state index contributed by atoms with van der Waals surface area (Å²) in [4.78, 5) is 13.8. The van der Waals surface area contributed by atoms with E-state index in [9.17, 15) is 0 Å². The molecule has 0 fully saturated rings. The van der Waals surface area contributed by atoms with Crippen LogP contribution in [0.5, 0.6) is 5.75 Å². The van der Waals surface area contributed by atoms with Gasteiger partial charge in [0.25, 0.3) is 0 Å². The number of hydrazine groups is 1. The topological polar surface area (TPSA) is 140 Å². The second-order valence-electron chi connectivity index (χ2n) is 8.76. The summed E-state index contributed by atoms with van der Waals surface area (Å²) in [5, 5.41) is 12.6. The number of aryl methyl sites for hydroxylation is 1. The number of rotatable bonds is 6. The van der Waals surface area contributed by atoms with Crippen molar-refractivity contribution in [3.63, 3.8) is 0 Å². The third kappa shape index (κ3) is 5.33. The summed E-state index contributed by atoms with van der Waals surface area (Å²) >= 11 is 0. The van der Waals surface area contributed by atoms with Crippen LogP contribution < -0.4 is 27.1 Å². The number of ether oxygens (including phenoxy) is 1. The van der Waals surface area contributed by atoms with Gasteiger partial charge in [0.1, 0.15) is 11.3 Å². The number of nitrogens with zero attached hydrogens (tertiary/aromatic N) is 5. The van der Waals surface area contributed by atoms with E-state index in [0.29, 0.717) is 28.8 Å². The highest BCUT2D eigenvalue weighted by Crippen LogP contribution is 2.29. The summed E-state index contributed by atoms with van der Waals surface area (Å²) in [7, 11) is 3.24. The number of aromatic nitrogens is 3. The van der Waals surface area contributed by atoms with E-state index in [2.05, 4.69) is 46.5 Å². The molecule has 0 amide bonds. The number of pyridine rings is 1. The Morgan fingerprint density at radius 1 is 1.22 bits per heavy atom. The van der Waals surface area contributed by atoms with Crippen LogP contribution in [-0.2, 0) is 0 Å². The molecule has 3 rings (SSSR count). The molecule has 170 valence electrons. The summed E-state index contributed by atoms with van der Waals surface area (Å²) in [5.41, 5.74) is 3.15. The van der Waals surface area contributed by atoms with E-state index in [-0.39, 0.29) is 5.41 Å². The van der Waals surface area contributed by atoms with Gasteiger partial charge in [0, 0.05) is 36.4 Å². The maximum atomic E-state index is 5.80. The van der Waals surface area contributed by atoms with Crippen LogP contribution in [0, 0.1) is 12.3 Å². The van der Waals surface area contributed by atoms with Gasteiger partial charge in [-0.2, -0.15) is 5.10 Å². The highest BCUT2D eigenvalue weighted by molar-refractivity contribution is 5.99. The molecule has 0 saturated heterocycles. The molecule has 2 heterocycles. The van der Waals surface area contributed by atoms with Crippen molar-refractivity contribution >= 4 is 34.2 Å². The number of hydrogen-bond acceptors (Lipinski definition) is 9. The third-order valence-electron chi connectivity index (χ3n) is 4.64. The lowest BCUT2D eigenvalue weighted by Gasteiger charge is -2.20. The Bertz CT molecular complexity index is 1140. The molecule has 0 saturated carbocycles. The minimum Gasteiger partial charge on any atom is -0.495 e. The molecule has 10 heteroatoms. The first-order chi connectivity index (χ1) is 15.1. The van der Waals surface area contributed by atoms with Crippen molar-refractivity contribution in [1.82, 2.24) is 20.0 Å².